The van der Waals surface area contributed by atoms with Crippen LogP contribution < -0.4 is 5.32 Å². The van der Waals surface area contributed by atoms with Crippen LogP contribution in [0.25, 0.3) is 11.0 Å². The van der Waals surface area contributed by atoms with Crippen LogP contribution in [0, 0.1) is 5.92 Å². The quantitative estimate of drug-likeness (QED) is 0.658. The molecule has 2 aliphatic rings. The molecule has 1 amide bonds. The van der Waals surface area contributed by atoms with Gasteiger partial charge in [0, 0.05) is 49.1 Å². The standard InChI is InChI=1S/C17H22IN5O2S/c1-17(2,3)25-16(24)22-8-10-6-12(13(22)7-10)21-14-11-4-5-23(26-18)15(11)20-9-19-14/h4-5,9-10,12-13H,6-8H2,1-3H3,(H,19,20,21). The zero-order valence-electron chi connectivity index (χ0n) is 15.0. The van der Waals surface area contributed by atoms with Crippen molar-refractivity contribution in [1.82, 2.24) is 18.8 Å². The highest BCUT2D eigenvalue weighted by atomic mass is 127. The van der Waals surface area contributed by atoms with Gasteiger partial charge < -0.3 is 15.0 Å². The second kappa shape index (κ2) is 6.74. The molecule has 1 aliphatic heterocycles. The lowest BCUT2D eigenvalue weighted by Crippen LogP contribution is -2.49. The van der Waals surface area contributed by atoms with E-state index in [1.54, 1.807) is 15.4 Å². The fourth-order valence-corrected chi connectivity index (χ4v) is 5.26. The number of rotatable bonds is 3. The van der Waals surface area contributed by atoms with Gasteiger partial charge in [-0.25, -0.2) is 14.8 Å². The summed E-state index contributed by atoms with van der Waals surface area (Å²) in [5.74, 6) is 1.36. The summed E-state index contributed by atoms with van der Waals surface area (Å²) in [4.78, 5) is 23.3. The van der Waals surface area contributed by atoms with Gasteiger partial charge in [0.1, 0.15) is 17.7 Å². The number of hydrogen-bond donors (Lipinski definition) is 1. The van der Waals surface area contributed by atoms with Crippen LogP contribution in [0.1, 0.15) is 33.6 Å². The van der Waals surface area contributed by atoms with Gasteiger partial charge in [-0.2, -0.15) is 0 Å². The molecule has 140 valence electrons. The van der Waals surface area contributed by atoms with Gasteiger partial charge in [0.2, 0.25) is 0 Å². The Labute approximate surface area is 169 Å². The molecule has 1 saturated heterocycles. The van der Waals surface area contributed by atoms with Crippen molar-refractivity contribution in [2.45, 2.75) is 51.3 Å². The fourth-order valence-electron chi connectivity index (χ4n) is 3.99. The van der Waals surface area contributed by atoms with Crippen molar-refractivity contribution in [3.05, 3.63) is 18.6 Å². The monoisotopic (exact) mass is 487 g/mol. The Morgan fingerprint density at radius 3 is 2.88 bits per heavy atom. The van der Waals surface area contributed by atoms with Crippen LogP contribution in [0.4, 0.5) is 10.6 Å². The van der Waals surface area contributed by atoms with E-state index in [0.29, 0.717) is 5.92 Å². The maximum absolute atomic E-state index is 12.5. The third-order valence-corrected chi connectivity index (χ3v) is 6.67. The van der Waals surface area contributed by atoms with Crippen molar-refractivity contribution in [3.63, 3.8) is 0 Å². The average Bonchev–Trinajstić information content (AvgIpc) is 3.26. The van der Waals surface area contributed by atoms with E-state index in [0.717, 1.165) is 36.2 Å². The summed E-state index contributed by atoms with van der Waals surface area (Å²) >= 11 is 2.24. The van der Waals surface area contributed by atoms with Crippen molar-refractivity contribution >= 4 is 53.3 Å². The molecule has 7 nitrogen and oxygen atoms in total. The second-order valence-corrected chi connectivity index (χ2v) is 9.67. The molecule has 1 N–H and O–H groups in total. The third-order valence-electron chi connectivity index (χ3n) is 4.95. The van der Waals surface area contributed by atoms with Crippen molar-refractivity contribution in [1.29, 1.82) is 0 Å². The number of amides is 1. The van der Waals surface area contributed by atoms with Gasteiger partial charge in [0.05, 0.1) is 11.4 Å². The Morgan fingerprint density at radius 2 is 2.19 bits per heavy atom. The highest BCUT2D eigenvalue weighted by molar-refractivity contribution is 14.2. The fraction of sp³-hybridized carbons (Fsp3) is 0.588. The Hall–Kier alpha value is -1.23. The van der Waals surface area contributed by atoms with Crippen LogP contribution in [0.5, 0.6) is 0 Å². The number of anilines is 1. The number of nitrogens with zero attached hydrogens (tertiary/aromatic N) is 4. The molecule has 0 radical (unpaired) electrons. The lowest BCUT2D eigenvalue weighted by molar-refractivity contribution is 0.0179. The minimum atomic E-state index is -0.472. The molecular weight excluding hydrogens is 465 g/mol. The largest absolute Gasteiger partial charge is 0.444 e. The number of ether oxygens (including phenoxy) is 1. The smallest absolute Gasteiger partial charge is 0.410 e. The van der Waals surface area contributed by atoms with Crippen LogP contribution in [0.15, 0.2) is 18.6 Å². The van der Waals surface area contributed by atoms with E-state index in [1.807, 2.05) is 41.9 Å². The molecule has 2 fully saturated rings. The Bertz CT molecular complexity index is 836. The van der Waals surface area contributed by atoms with E-state index in [-0.39, 0.29) is 18.2 Å². The lowest BCUT2D eigenvalue weighted by Gasteiger charge is -2.35. The molecular formula is C17H22IN5O2S. The van der Waals surface area contributed by atoms with Crippen molar-refractivity contribution in [2.24, 2.45) is 5.92 Å². The van der Waals surface area contributed by atoms with Crippen LogP contribution >= 0.6 is 30.3 Å². The van der Waals surface area contributed by atoms with E-state index in [9.17, 15) is 4.79 Å². The number of carbonyl (C=O) groups excluding carboxylic acids is 1. The maximum atomic E-state index is 12.5. The lowest BCUT2D eigenvalue weighted by atomic mass is 10.1. The first-order valence-electron chi connectivity index (χ1n) is 8.73. The predicted molar refractivity (Wildman–Crippen MR) is 111 cm³/mol. The van der Waals surface area contributed by atoms with Gasteiger partial charge in [-0.1, -0.05) is 0 Å². The molecule has 2 aromatic rings. The van der Waals surface area contributed by atoms with Gasteiger partial charge in [-0.05, 0) is 45.6 Å². The number of halogens is 1. The van der Waals surface area contributed by atoms with Crippen LogP contribution in [-0.4, -0.2) is 49.2 Å². The molecule has 9 heteroatoms. The molecule has 3 heterocycles. The zero-order valence-corrected chi connectivity index (χ0v) is 18.0. The summed E-state index contributed by atoms with van der Waals surface area (Å²) < 4.78 is 7.60. The van der Waals surface area contributed by atoms with Crippen LogP contribution in [0.3, 0.4) is 0 Å². The third kappa shape index (κ3) is 3.35. The molecule has 2 aromatic heterocycles. The van der Waals surface area contributed by atoms with E-state index >= 15 is 0 Å². The molecule has 3 unspecified atom stereocenters. The number of nitrogens with one attached hydrogen (secondary N) is 1. The molecule has 3 atom stereocenters. The van der Waals surface area contributed by atoms with E-state index in [1.165, 1.54) is 0 Å². The molecule has 0 aromatic carbocycles. The normalized spacial score (nSPS) is 25.1. The minimum Gasteiger partial charge on any atom is -0.444 e. The first-order chi connectivity index (χ1) is 12.4. The molecule has 2 bridgehead atoms. The van der Waals surface area contributed by atoms with E-state index < -0.39 is 5.60 Å². The number of aromatic nitrogens is 3. The summed E-state index contributed by atoms with van der Waals surface area (Å²) in [6.07, 6.45) is 5.45. The number of hydrogen-bond acceptors (Lipinski definition) is 6. The van der Waals surface area contributed by atoms with Crippen LogP contribution in [-0.2, 0) is 4.74 Å². The summed E-state index contributed by atoms with van der Waals surface area (Å²) in [7, 11) is 1.58. The summed E-state index contributed by atoms with van der Waals surface area (Å²) in [6.45, 7) is 6.51. The first-order valence-corrected chi connectivity index (χ1v) is 12.0. The molecule has 1 saturated carbocycles. The van der Waals surface area contributed by atoms with Gasteiger partial charge >= 0.3 is 6.09 Å². The molecule has 4 rings (SSSR count). The number of carbonyl (C=O) groups is 1. The second-order valence-electron chi connectivity index (χ2n) is 7.96. The van der Waals surface area contributed by atoms with Gasteiger partial charge in [-0.3, -0.25) is 3.97 Å². The highest BCUT2D eigenvalue weighted by Crippen LogP contribution is 2.40. The summed E-state index contributed by atoms with van der Waals surface area (Å²) in [5, 5.41) is 4.58. The van der Waals surface area contributed by atoms with Gasteiger partial charge in [-0.15, -0.1) is 0 Å². The van der Waals surface area contributed by atoms with Crippen molar-refractivity contribution in [3.8, 4) is 0 Å². The van der Waals surface area contributed by atoms with Gasteiger partial charge in [0.15, 0.2) is 5.65 Å². The predicted octanol–water partition coefficient (Wildman–Crippen LogP) is 4.09. The maximum Gasteiger partial charge on any atom is 0.410 e. The van der Waals surface area contributed by atoms with E-state index in [4.69, 9.17) is 4.74 Å². The molecule has 0 spiro atoms. The molecule has 1 aliphatic carbocycles. The number of likely N-dealkylation sites (tertiary alicyclic amines) is 1. The number of fused-ring (bicyclic) bond motifs is 3. The SMILES string of the molecule is CC(C)(C)OC(=O)N1CC2CC(Nc3ncnc4c3ccn4SI)C1C2. The Kier molecular flexibility index (Phi) is 4.70. The average molecular weight is 487 g/mol. The topological polar surface area (TPSA) is 72.3 Å². The highest BCUT2D eigenvalue weighted by Gasteiger charge is 2.48. The van der Waals surface area contributed by atoms with Crippen molar-refractivity contribution in [2.75, 3.05) is 11.9 Å². The van der Waals surface area contributed by atoms with Gasteiger partial charge in [0.25, 0.3) is 0 Å². The summed E-state index contributed by atoms with van der Waals surface area (Å²) in [6, 6.07) is 2.37. The summed E-state index contributed by atoms with van der Waals surface area (Å²) in [5.41, 5.74) is 0.426. The van der Waals surface area contributed by atoms with Crippen LogP contribution in [0.2, 0.25) is 0 Å². The zero-order chi connectivity index (χ0) is 18.5. The first kappa shape index (κ1) is 18.1. The minimum absolute atomic E-state index is 0.154. The Morgan fingerprint density at radius 1 is 1.38 bits per heavy atom. The van der Waals surface area contributed by atoms with Crippen molar-refractivity contribution < 1.29 is 9.53 Å². The Balaban J connectivity index is 1.53. The molecule has 26 heavy (non-hydrogen) atoms. The number of piperidine rings is 1. The van der Waals surface area contributed by atoms with E-state index in [2.05, 4.69) is 36.5 Å².